The molecule has 1 aliphatic rings. The first-order valence-corrected chi connectivity index (χ1v) is 12.0. The molecule has 35 heavy (non-hydrogen) atoms. The Bertz CT molecular complexity index is 1270. The van der Waals surface area contributed by atoms with Crippen molar-refractivity contribution in [3.05, 3.63) is 100 Å². The normalized spacial score (nSPS) is 15.8. The quantitative estimate of drug-likeness (QED) is 0.291. The zero-order chi connectivity index (χ0) is 24.4. The fourth-order valence-corrected chi connectivity index (χ4v) is 4.58. The molecule has 180 valence electrons. The van der Waals surface area contributed by atoms with Crippen LogP contribution < -0.4 is 4.90 Å². The molecular weight excluding hydrogens is 521 g/mol. The van der Waals surface area contributed by atoms with Crippen LogP contribution in [0.3, 0.4) is 0 Å². The van der Waals surface area contributed by atoms with E-state index >= 15 is 0 Å². The minimum Gasteiger partial charge on any atom is -0.419 e. The predicted octanol–water partition coefficient (Wildman–Crippen LogP) is 6.43. The van der Waals surface area contributed by atoms with E-state index in [4.69, 9.17) is 4.42 Å². The van der Waals surface area contributed by atoms with Crippen molar-refractivity contribution in [2.24, 2.45) is 0 Å². The minimum absolute atomic E-state index is 0.267. The van der Waals surface area contributed by atoms with Crippen LogP contribution in [0.5, 0.6) is 0 Å². The third-order valence-corrected chi connectivity index (χ3v) is 6.63. The van der Waals surface area contributed by atoms with E-state index in [0.29, 0.717) is 43.6 Å². The van der Waals surface area contributed by atoms with E-state index in [9.17, 15) is 13.2 Å². The largest absolute Gasteiger partial charge is 0.419 e. The lowest BCUT2D eigenvalue weighted by atomic mass is 10.0. The lowest BCUT2D eigenvalue weighted by molar-refractivity contribution is -0.137. The first kappa shape index (κ1) is 23.6. The van der Waals surface area contributed by atoms with Crippen LogP contribution in [0.4, 0.5) is 18.9 Å². The number of rotatable bonds is 5. The highest BCUT2D eigenvalue weighted by molar-refractivity contribution is 9.10. The van der Waals surface area contributed by atoms with Gasteiger partial charge in [0.15, 0.2) is 0 Å². The highest BCUT2D eigenvalue weighted by Gasteiger charge is 2.33. The molecule has 3 aromatic carbocycles. The van der Waals surface area contributed by atoms with Gasteiger partial charge in [0.2, 0.25) is 11.8 Å². The number of hydrogen-bond acceptors (Lipinski definition) is 5. The number of nitrogens with zero attached hydrogens (tertiary/aromatic N) is 4. The molecule has 2 heterocycles. The monoisotopic (exact) mass is 542 g/mol. The fourth-order valence-electron chi connectivity index (χ4n) is 4.31. The summed E-state index contributed by atoms with van der Waals surface area (Å²) in [4.78, 5) is 4.21. The highest BCUT2D eigenvalue weighted by atomic mass is 79.9. The molecule has 1 aliphatic heterocycles. The van der Waals surface area contributed by atoms with Gasteiger partial charge in [-0.25, -0.2) is 0 Å². The zero-order valence-electron chi connectivity index (χ0n) is 18.6. The third kappa shape index (κ3) is 5.26. The third-order valence-electron chi connectivity index (χ3n) is 6.10. The predicted molar refractivity (Wildman–Crippen MR) is 131 cm³/mol. The average Bonchev–Trinajstić information content (AvgIpc) is 3.36. The number of hydrogen-bond donors (Lipinski definition) is 0. The summed E-state index contributed by atoms with van der Waals surface area (Å²) < 4.78 is 46.6. The molecule has 0 aliphatic carbocycles. The molecule has 0 spiro atoms. The maximum Gasteiger partial charge on any atom is 0.416 e. The van der Waals surface area contributed by atoms with Crippen LogP contribution in [0, 0.1) is 0 Å². The Morgan fingerprint density at radius 3 is 2.23 bits per heavy atom. The van der Waals surface area contributed by atoms with Crippen molar-refractivity contribution in [1.29, 1.82) is 0 Å². The smallest absolute Gasteiger partial charge is 0.416 e. The lowest BCUT2D eigenvalue weighted by Gasteiger charge is -2.39. The average molecular weight is 543 g/mol. The molecule has 1 fully saturated rings. The number of anilines is 1. The van der Waals surface area contributed by atoms with Crippen molar-refractivity contribution in [2.45, 2.75) is 12.2 Å². The summed E-state index contributed by atoms with van der Waals surface area (Å²) in [5, 5.41) is 8.64. The molecule has 0 saturated carbocycles. The van der Waals surface area contributed by atoms with E-state index in [1.807, 2.05) is 59.5 Å². The number of piperazine rings is 1. The van der Waals surface area contributed by atoms with Gasteiger partial charge in [-0.3, -0.25) is 4.90 Å². The first-order valence-electron chi connectivity index (χ1n) is 11.2. The molecule has 1 aromatic heterocycles. The minimum atomic E-state index is -4.36. The van der Waals surface area contributed by atoms with Gasteiger partial charge in [0.25, 0.3) is 0 Å². The van der Waals surface area contributed by atoms with E-state index in [-0.39, 0.29) is 6.04 Å². The number of halogens is 4. The van der Waals surface area contributed by atoms with Crippen LogP contribution in [-0.2, 0) is 6.18 Å². The Hall–Kier alpha value is -3.17. The second-order valence-corrected chi connectivity index (χ2v) is 9.25. The first-order chi connectivity index (χ1) is 16.9. The molecule has 4 aromatic rings. The van der Waals surface area contributed by atoms with E-state index < -0.39 is 11.7 Å². The van der Waals surface area contributed by atoms with Crippen LogP contribution in [0.1, 0.15) is 23.1 Å². The summed E-state index contributed by atoms with van der Waals surface area (Å²) in [7, 11) is 0. The maximum atomic E-state index is 13.2. The summed E-state index contributed by atoms with van der Waals surface area (Å²) in [6, 6.07) is 22.8. The zero-order valence-corrected chi connectivity index (χ0v) is 20.2. The van der Waals surface area contributed by atoms with Crippen molar-refractivity contribution in [2.75, 3.05) is 31.1 Å². The lowest BCUT2D eigenvalue weighted by Crippen LogP contribution is -2.48. The van der Waals surface area contributed by atoms with Gasteiger partial charge in [-0.1, -0.05) is 52.3 Å². The number of aromatic nitrogens is 2. The fraction of sp³-hybridized carbons (Fsp3) is 0.231. The van der Waals surface area contributed by atoms with Crippen molar-refractivity contribution < 1.29 is 17.6 Å². The van der Waals surface area contributed by atoms with Gasteiger partial charge >= 0.3 is 6.18 Å². The van der Waals surface area contributed by atoms with Crippen molar-refractivity contribution >= 4 is 21.6 Å². The van der Waals surface area contributed by atoms with Crippen molar-refractivity contribution in [3.8, 4) is 11.5 Å². The van der Waals surface area contributed by atoms with Crippen LogP contribution in [0.2, 0.25) is 0 Å². The molecule has 1 atom stereocenters. The number of alkyl halides is 3. The number of benzene rings is 3. The molecule has 5 nitrogen and oxygen atoms in total. The highest BCUT2D eigenvalue weighted by Crippen LogP contribution is 2.34. The molecule has 0 unspecified atom stereocenters. The van der Waals surface area contributed by atoms with Gasteiger partial charge < -0.3 is 9.32 Å². The van der Waals surface area contributed by atoms with Gasteiger partial charge in [-0.05, 0) is 48.0 Å². The summed E-state index contributed by atoms with van der Waals surface area (Å²) >= 11 is 3.48. The molecule has 9 heteroatoms. The van der Waals surface area contributed by atoms with E-state index in [2.05, 4.69) is 31.0 Å². The maximum absolute atomic E-state index is 13.2. The van der Waals surface area contributed by atoms with E-state index in [1.165, 1.54) is 12.1 Å². The Morgan fingerprint density at radius 1 is 0.829 bits per heavy atom. The van der Waals surface area contributed by atoms with Gasteiger partial charge in [-0.15, -0.1) is 10.2 Å². The van der Waals surface area contributed by atoms with Crippen molar-refractivity contribution in [3.63, 3.8) is 0 Å². The van der Waals surface area contributed by atoms with Crippen LogP contribution in [0.15, 0.2) is 87.8 Å². The van der Waals surface area contributed by atoms with E-state index in [1.54, 1.807) is 6.07 Å². The molecule has 1 saturated heterocycles. The van der Waals surface area contributed by atoms with Gasteiger partial charge in [-0.2, -0.15) is 13.2 Å². The molecular formula is C26H22BrF3N4O. The second kappa shape index (κ2) is 9.83. The molecule has 0 amide bonds. The van der Waals surface area contributed by atoms with Gasteiger partial charge in [0.1, 0.15) is 6.04 Å². The van der Waals surface area contributed by atoms with Crippen LogP contribution in [-0.4, -0.2) is 41.3 Å². The standard InChI is InChI=1S/C26H22BrF3N4O/c27-21-11-9-18(10-12-21)23(25-32-31-24(35-25)19-5-2-1-3-6-19)34-15-13-33(14-16-34)22-8-4-7-20(17-22)26(28,29)30/h1-12,17,23H,13-16H2/t23-/m1/s1. The van der Waals surface area contributed by atoms with Crippen molar-refractivity contribution in [1.82, 2.24) is 15.1 Å². The van der Waals surface area contributed by atoms with E-state index in [0.717, 1.165) is 21.7 Å². The molecule has 5 rings (SSSR count). The Labute approximate surface area is 209 Å². The second-order valence-electron chi connectivity index (χ2n) is 8.34. The summed E-state index contributed by atoms with van der Waals surface area (Å²) in [6.45, 7) is 2.40. The molecule has 0 radical (unpaired) electrons. The Morgan fingerprint density at radius 2 is 1.54 bits per heavy atom. The topological polar surface area (TPSA) is 45.4 Å². The Kier molecular flexibility index (Phi) is 6.62. The van der Waals surface area contributed by atoms with Gasteiger partial charge in [0, 0.05) is 41.9 Å². The van der Waals surface area contributed by atoms with Crippen LogP contribution >= 0.6 is 15.9 Å². The Balaban J connectivity index is 1.39. The summed E-state index contributed by atoms with van der Waals surface area (Å²) in [6.07, 6.45) is -4.36. The van der Waals surface area contributed by atoms with Crippen LogP contribution in [0.25, 0.3) is 11.5 Å². The molecule has 0 bridgehead atoms. The summed E-state index contributed by atoms with van der Waals surface area (Å²) in [5.74, 6) is 0.934. The summed E-state index contributed by atoms with van der Waals surface area (Å²) in [5.41, 5.74) is 1.78. The molecule has 0 N–H and O–H groups in total. The SMILES string of the molecule is FC(F)(F)c1cccc(N2CCN([C@H](c3ccc(Br)cc3)c3nnc(-c4ccccc4)o3)CC2)c1. The van der Waals surface area contributed by atoms with Gasteiger partial charge in [0.05, 0.1) is 5.56 Å².